The van der Waals surface area contributed by atoms with E-state index in [9.17, 15) is 4.79 Å². The largest absolute Gasteiger partial charge is 0.467 e. The Kier molecular flexibility index (Phi) is 4.61. The number of hydrogen-bond acceptors (Lipinski definition) is 3. The first kappa shape index (κ1) is 14.9. The zero-order chi connectivity index (χ0) is 15.4. The molecule has 2 heterocycles. The van der Waals surface area contributed by atoms with Gasteiger partial charge in [0, 0.05) is 11.6 Å². The van der Waals surface area contributed by atoms with Crippen molar-refractivity contribution < 1.29 is 9.21 Å². The SMILES string of the molecule is O=C(c1cccs1)N(Cc1ccco1)Cc1ccccc1Cl. The molecule has 0 N–H and O–H groups in total. The van der Waals surface area contributed by atoms with Crippen molar-refractivity contribution in [2.45, 2.75) is 13.1 Å². The van der Waals surface area contributed by atoms with Gasteiger partial charge in [0.2, 0.25) is 0 Å². The molecule has 112 valence electrons. The summed E-state index contributed by atoms with van der Waals surface area (Å²) in [6, 6.07) is 14.9. The minimum absolute atomic E-state index is 0.0219. The molecule has 0 bridgehead atoms. The van der Waals surface area contributed by atoms with Gasteiger partial charge in [-0.05, 0) is 35.2 Å². The first-order chi connectivity index (χ1) is 10.7. The van der Waals surface area contributed by atoms with Crippen molar-refractivity contribution in [1.82, 2.24) is 4.90 Å². The molecule has 0 aliphatic heterocycles. The van der Waals surface area contributed by atoms with Crippen LogP contribution in [0.1, 0.15) is 21.0 Å². The maximum atomic E-state index is 12.7. The normalized spacial score (nSPS) is 10.6. The quantitative estimate of drug-likeness (QED) is 0.670. The predicted molar refractivity (Wildman–Crippen MR) is 88.1 cm³/mol. The van der Waals surface area contributed by atoms with Crippen LogP contribution in [0.4, 0.5) is 0 Å². The fourth-order valence-corrected chi connectivity index (χ4v) is 3.06. The van der Waals surface area contributed by atoms with Crippen molar-refractivity contribution in [3.8, 4) is 0 Å². The molecule has 0 fully saturated rings. The van der Waals surface area contributed by atoms with Gasteiger partial charge in [-0.3, -0.25) is 4.79 Å². The second-order valence-electron chi connectivity index (χ2n) is 4.81. The van der Waals surface area contributed by atoms with Crippen molar-refractivity contribution >= 4 is 28.8 Å². The molecule has 22 heavy (non-hydrogen) atoms. The maximum Gasteiger partial charge on any atom is 0.264 e. The molecule has 0 unspecified atom stereocenters. The highest BCUT2D eigenvalue weighted by Gasteiger charge is 2.19. The van der Waals surface area contributed by atoms with Gasteiger partial charge in [-0.2, -0.15) is 0 Å². The summed E-state index contributed by atoms with van der Waals surface area (Å²) in [5.74, 6) is 0.725. The van der Waals surface area contributed by atoms with E-state index in [1.165, 1.54) is 11.3 Å². The number of thiophene rings is 1. The lowest BCUT2D eigenvalue weighted by Crippen LogP contribution is -2.29. The van der Waals surface area contributed by atoms with Gasteiger partial charge in [0.15, 0.2) is 0 Å². The third-order valence-electron chi connectivity index (χ3n) is 3.27. The molecule has 2 aromatic heterocycles. The zero-order valence-corrected chi connectivity index (χ0v) is 13.3. The fourth-order valence-electron chi connectivity index (χ4n) is 2.18. The fraction of sp³-hybridized carbons (Fsp3) is 0.118. The van der Waals surface area contributed by atoms with Crippen molar-refractivity contribution in [2.75, 3.05) is 0 Å². The van der Waals surface area contributed by atoms with Crippen LogP contribution in [0.2, 0.25) is 5.02 Å². The van der Waals surface area contributed by atoms with Gasteiger partial charge < -0.3 is 9.32 Å². The Bertz CT molecular complexity index is 738. The molecule has 0 radical (unpaired) electrons. The van der Waals surface area contributed by atoms with Crippen molar-refractivity contribution in [2.24, 2.45) is 0 Å². The van der Waals surface area contributed by atoms with E-state index >= 15 is 0 Å². The molecular formula is C17H14ClNO2S. The number of carbonyl (C=O) groups is 1. The van der Waals surface area contributed by atoms with Crippen molar-refractivity contribution in [1.29, 1.82) is 0 Å². The minimum Gasteiger partial charge on any atom is -0.467 e. The van der Waals surface area contributed by atoms with E-state index in [1.807, 2.05) is 53.9 Å². The van der Waals surface area contributed by atoms with E-state index in [2.05, 4.69) is 0 Å². The van der Waals surface area contributed by atoms with E-state index in [-0.39, 0.29) is 5.91 Å². The van der Waals surface area contributed by atoms with Crippen LogP contribution < -0.4 is 0 Å². The van der Waals surface area contributed by atoms with Crippen LogP contribution in [-0.4, -0.2) is 10.8 Å². The lowest BCUT2D eigenvalue weighted by Gasteiger charge is -2.21. The Morgan fingerprint density at radius 1 is 1.09 bits per heavy atom. The van der Waals surface area contributed by atoms with E-state index < -0.39 is 0 Å². The Labute approximate surface area is 137 Å². The minimum atomic E-state index is -0.0219. The van der Waals surface area contributed by atoms with E-state index in [4.69, 9.17) is 16.0 Å². The van der Waals surface area contributed by atoms with Crippen LogP contribution in [0.25, 0.3) is 0 Å². The summed E-state index contributed by atoms with van der Waals surface area (Å²) in [4.78, 5) is 15.1. The second-order valence-corrected chi connectivity index (χ2v) is 6.16. The first-order valence-corrected chi connectivity index (χ1v) is 8.08. The van der Waals surface area contributed by atoms with Crippen LogP contribution in [0.3, 0.4) is 0 Å². The Morgan fingerprint density at radius 2 is 1.95 bits per heavy atom. The molecule has 3 nitrogen and oxygen atoms in total. The van der Waals surface area contributed by atoms with Gasteiger partial charge in [0.1, 0.15) is 5.76 Å². The molecule has 5 heteroatoms. The lowest BCUT2D eigenvalue weighted by molar-refractivity contribution is 0.0723. The maximum absolute atomic E-state index is 12.7. The number of carbonyl (C=O) groups excluding carboxylic acids is 1. The molecule has 1 amide bonds. The summed E-state index contributed by atoms with van der Waals surface area (Å²) < 4.78 is 5.38. The molecule has 0 atom stereocenters. The number of halogens is 1. The van der Waals surface area contributed by atoms with Crippen LogP contribution >= 0.6 is 22.9 Å². The Balaban J connectivity index is 1.85. The average Bonchev–Trinajstić information content (AvgIpc) is 3.21. The number of benzene rings is 1. The number of nitrogens with zero attached hydrogens (tertiary/aromatic N) is 1. The molecule has 3 rings (SSSR count). The van der Waals surface area contributed by atoms with Crippen LogP contribution in [0.15, 0.2) is 64.6 Å². The van der Waals surface area contributed by atoms with E-state index in [0.717, 1.165) is 11.3 Å². The van der Waals surface area contributed by atoms with Crippen LogP contribution in [0, 0.1) is 0 Å². The summed E-state index contributed by atoms with van der Waals surface area (Å²) in [7, 11) is 0. The summed E-state index contributed by atoms with van der Waals surface area (Å²) >= 11 is 7.65. The molecule has 0 spiro atoms. The highest BCUT2D eigenvalue weighted by atomic mass is 35.5. The second kappa shape index (κ2) is 6.81. The van der Waals surface area contributed by atoms with Crippen LogP contribution in [-0.2, 0) is 13.1 Å². The average molecular weight is 332 g/mol. The smallest absolute Gasteiger partial charge is 0.264 e. The van der Waals surface area contributed by atoms with E-state index in [1.54, 1.807) is 11.2 Å². The molecule has 0 aliphatic carbocycles. The monoisotopic (exact) mass is 331 g/mol. The lowest BCUT2D eigenvalue weighted by atomic mass is 10.2. The van der Waals surface area contributed by atoms with Gasteiger partial charge in [-0.15, -0.1) is 11.3 Å². The first-order valence-electron chi connectivity index (χ1n) is 6.82. The molecule has 0 aliphatic rings. The van der Waals surface area contributed by atoms with Gasteiger partial charge in [-0.1, -0.05) is 35.9 Å². The van der Waals surface area contributed by atoms with Crippen LogP contribution in [0.5, 0.6) is 0 Å². The number of rotatable bonds is 5. The topological polar surface area (TPSA) is 33.5 Å². The molecule has 3 aromatic rings. The number of amides is 1. The third kappa shape index (κ3) is 3.40. The van der Waals surface area contributed by atoms with Crippen molar-refractivity contribution in [3.05, 3.63) is 81.4 Å². The molecule has 0 saturated carbocycles. The van der Waals surface area contributed by atoms with E-state index in [0.29, 0.717) is 23.0 Å². The summed E-state index contributed by atoms with van der Waals surface area (Å²) in [6.45, 7) is 0.853. The highest BCUT2D eigenvalue weighted by molar-refractivity contribution is 7.12. The Morgan fingerprint density at radius 3 is 2.64 bits per heavy atom. The summed E-state index contributed by atoms with van der Waals surface area (Å²) in [5.41, 5.74) is 0.917. The molecular weight excluding hydrogens is 318 g/mol. The standard InChI is InChI=1S/C17H14ClNO2S/c18-15-7-2-1-5-13(15)11-19(12-14-6-3-9-21-14)17(20)16-8-4-10-22-16/h1-10H,11-12H2. The summed E-state index contributed by atoms with van der Waals surface area (Å²) in [6.07, 6.45) is 1.61. The number of hydrogen-bond donors (Lipinski definition) is 0. The molecule has 1 aromatic carbocycles. The van der Waals surface area contributed by atoms with Gasteiger partial charge in [0.05, 0.1) is 17.7 Å². The number of furan rings is 1. The van der Waals surface area contributed by atoms with Gasteiger partial charge in [-0.25, -0.2) is 0 Å². The Hall–Kier alpha value is -2.04. The predicted octanol–water partition coefficient (Wildman–Crippen LogP) is 4.84. The van der Waals surface area contributed by atoms with Gasteiger partial charge >= 0.3 is 0 Å². The zero-order valence-electron chi connectivity index (χ0n) is 11.7. The van der Waals surface area contributed by atoms with Crippen molar-refractivity contribution in [3.63, 3.8) is 0 Å². The van der Waals surface area contributed by atoms with Gasteiger partial charge in [0.25, 0.3) is 5.91 Å². The summed E-state index contributed by atoms with van der Waals surface area (Å²) in [5, 5.41) is 2.55. The third-order valence-corrected chi connectivity index (χ3v) is 4.49. The molecule has 0 saturated heterocycles. The highest BCUT2D eigenvalue weighted by Crippen LogP contribution is 2.21.